The van der Waals surface area contributed by atoms with Crippen molar-refractivity contribution in [1.82, 2.24) is 9.97 Å². The van der Waals surface area contributed by atoms with Crippen molar-refractivity contribution in [2.24, 2.45) is 0 Å². The predicted molar refractivity (Wildman–Crippen MR) is 54.3 cm³/mol. The highest BCUT2D eigenvalue weighted by molar-refractivity contribution is 5.66. The van der Waals surface area contributed by atoms with E-state index in [1.165, 1.54) is 13.3 Å². The Bertz CT molecular complexity index is 404. The number of carbonyl (C=O) groups is 1. The van der Waals surface area contributed by atoms with Crippen LogP contribution in [0.4, 0.5) is 0 Å². The summed E-state index contributed by atoms with van der Waals surface area (Å²) in [5.41, 5.74) is 3.01. The summed E-state index contributed by atoms with van der Waals surface area (Å²) in [5, 5.41) is 0. The summed E-state index contributed by atoms with van der Waals surface area (Å²) in [6.45, 7) is 5.50. The van der Waals surface area contributed by atoms with Crippen molar-refractivity contribution in [2.45, 2.75) is 39.2 Å². The summed E-state index contributed by atoms with van der Waals surface area (Å²) in [7, 11) is 0. The van der Waals surface area contributed by atoms with E-state index in [1.807, 2.05) is 6.92 Å². The van der Waals surface area contributed by atoms with E-state index >= 15 is 0 Å². The zero-order valence-corrected chi connectivity index (χ0v) is 9.15. The van der Waals surface area contributed by atoms with E-state index in [4.69, 9.17) is 4.74 Å². The maximum Gasteiger partial charge on any atom is 0.303 e. The van der Waals surface area contributed by atoms with E-state index in [0.29, 0.717) is 5.92 Å². The lowest BCUT2D eigenvalue weighted by Gasteiger charge is -2.10. The average Bonchev–Trinajstić information content (AvgIpc) is 2.44. The number of carbonyl (C=O) groups excluding carboxylic acids is 1. The highest BCUT2D eigenvalue weighted by Gasteiger charge is 2.33. The molecule has 0 radical (unpaired) electrons. The molecule has 0 spiro atoms. The molecule has 1 aliphatic rings. The lowest BCUT2D eigenvalue weighted by atomic mass is 10.0. The summed E-state index contributed by atoms with van der Waals surface area (Å²) in [4.78, 5) is 19.3. The van der Waals surface area contributed by atoms with Crippen molar-refractivity contribution >= 4 is 5.97 Å². The summed E-state index contributed by atoms with van der Waals surface area (Å²) < 4.78 is 5.23. The molecule has 4 heteroatoms. The molecule has 1 aliphatic carbocycles. The normalized spacial score (nSPS) is 23.7. The second-order valence-electron chi connectivity index (χ2n) is 3.99. The van der Waals surface area contributed by atoms with Crippen LogP contribution in [0.5, 0.6) is 0 Å². The molecule has 0 saturated carbocycles. The molecular formula is C11H14N2O2. The van der Waals surface area contributed by atoms with Gasteiger partial charge in [0.2, 0.25) is 0 Å². The number of ether oxygens (including phenoxy) is 1. The highest BCUT2D eigenvalue weighted by atomic mass is 16.5. The molecule has 0 saturated heterocycles. The Labute approximate surface area is 88.7 Å². The Hall–Kier alpha value is -1.45. The van der Waals surface area contributed by atoms with Gasteiger partial charge in [-0.25, -0.2) is 9.97 Å². The minimum atomic E-state index is -0.253. The Kier molecular flexibility index (Phi) is 2.42. The van der Waals surface area contributed by atoms with E-state index in [9.17, 15) is 4.79 Å². The standard InChI is InChI=1S/C11H14N2O2/c1-6-4-9(15-8(3)14)11-10(6)7(2)12-5-13-11/h5-6,9H,4H2,1-3H3/t6-,9?/m1/s1. The fraction of sp³-hybridized carbons (Fsp3) is 0.545. The summed E-state index contributed by atoms with van der Waals surface area (Å²) in [6, 6.07) is 0. The monoisotopic (exact) mass is 206 g/mol. The second kappa shape index (κ2) is 3.61. The van der Waals surface area contributed by atoms with Crippen LogP contribution in [0.2, 0.25) is 0 Å². The molecule has 0 bridgehead atoms. The summed E-state index contributed by atoms with van der Waals surface area (Å²) in [5.74, 6) is 0.113. The summed E-state index contributed by atoms with van der Waals surface area (Å²) >= 11 is 0. The molecule has 0 fully saturated rings. The quantitative estimate of drug-likeness (QED) is 0.658. The molecule has 4 nitrogen and oxygen atoms in total. The average molecular weight is 206 g/mol. The number of hydrogen-bond acceptors (Lipinski definition) is 4. The van der Waals surface area contributed by atoms with Gasteiger partial charge in [-0.1, -0.05) is 6.92 Å². The van der Waals surface area contributed by atoms with Crippen molar-refractivity contribution in [3.8, 4) is 0 Å². The van der Waals surface area contributed by atoms with Crippen LogP contribution < -0.4 is 0 Å². The smallest absolute Gasteiger partial charge is 0.303 e. The molecule has 0 aromatic carbocycles. The maximum atomic E-state index is 10.9. The fourth-order valence-electron chi connectivity index (χ4n) is 2.22. The first-order chi connectivity index (χ1) is 7.09. The van der Waals surface area contributed by atoms with Gasteiger partial charge in [-0.3, -0.25) is 4.79 Å². The van der Waals surface area contributed by atoms with Crippen LogP contribution in [0.1, 0.15) is 49.2 Å². The fourth-order valence-corrected chi connectivity index (χ4v) is 2.22. The van der Waals surface area contributed by atoms with E-state index in [1.54, 1.807) is 0 Å². The van der Waals surface area contributed by atoms with Gasteiger partial charge in [0.25, 0.3) is 0 Å². The Morgan fingerprint density at radius 1 is 1.53 bits per heavy atom. The molecule has 1 aromatic rings. The Morgan fingerprint density at radius 2 is 2.27 bits per heavy atom. The molecule has 1 heterocycles. The van der Waals surface area contributed by atoms with Crippen LogP contribution in [-0.4, -0.2) is 15.9 Å². The van der Waals surface area contributed by atoms with Gasteiger partial charge in [0.1, 0.15) is 12.4 Å². The molecule has 15 heavy (non-hydrogen) atoms. The molecule has 1 unspecified atom stereocenters. The van der Waals surface area contributed by atoms with E-state index in [2.05, 4.69) is 16.9 Å². The maximum absolute atomic E-state index is 10.9. The van der Waals surface area contributed by atoms with Gasteiger partial charge in [-0.15, -0.1) is 0 Å². The molecule has 0 N–H and O–H groups in total. The first-order valence-electron chi connectivity index (χ1n) is 5.08. The second-order valence-corrected chi connectivity index (χ2v) is 3.99. The Morgan fingerprint density at radius 3 is 2.93 bits per heavy atom. The zero-order valence-electron chi connectivity index (χ0n) is 9.15. The molecule has 0 aliphatic heterocycles. The number of nitrogens with zero attached hydrogens (tertiary/aromatic N) is 2. The number of hydrogen-bond donors (Lipinski definition) is 0. The molecular weight excluding hydrogens is 192 g/mol. The predicted octanol–water partition coefficient (Wildman–Crippen LogP) is 1.90. The number of esters is 1. The first-order valence-corrected chi connectivity index (χ1v) is 5.08. The van der Waals surface area contributed by atoms with Crippen LogP contribution in [0.25, 0.3) is 0 Å². The molecule has 2 rings (SSSR count). The minimum absolute atomic E-state index is 0.186. The van der Waals surface area contributed by atoms with Crippen LogP contribution in [-0.2, 0) is 9.53 Å². The van der Waals surface area contributed by atoms with Gasteiger partial charge in [0, 0.05) is 18.2 Å². The molecule has 1 aromatic heterocycles. The zero-order chi connectivity index (χ0) is 11.0. The third-order valence-electron chi connectivity index (χ3n) is 2.79. The topological polar surface area (TPSA) is 52.1 Å². The van der Waals surface area contributed by atoms with Crippen molar-refractivity contribution in [1.29, 1.82) is 0 Å². The van der Waals surface area contributed by atoms with Gasteiger partial charge >= 0.3 is 5.97 Å². The lowest BCUT2D eigenvalue weighted by molar-refractivity contribution is -0.146. The van der Waals surface area contributed by atoms with Gasteiger partial charge in [-0.2, -0.15) is 0 Å². The van der Waals surface area contributed by atoms with Crippen LogP contribution in [0.15, 0.2) is 6.33 Å². The third-order valence-corrected chi connectivity index (χ3v) is 2.79. The van der Waals surface area contributed by atoms with Crippen molar-refractivity contribution in [3.63, 3.8) is 0 Å². The van der Waals surface area contributed by atoms with Crippen LogP contribution in [0, 0.1) is 6.92 Å². The number of aryl methyl sites for hydroxylation is 1. The van der Waals surface area contributed by atoms with Crippen molar-refractivity contribution < 1.29 is 9.53 Å². The third kappa shape index (κ3) is 1.71. The number of fused-ring (bicyclic) bond motifs is 1. The van der Waals surface area contributed by atoms with Gasteiger partial charge in [0.05, 0.1) is 5.69 Å². The van der Waals surface area contributed by atoms with E-state index in [-0.39, 0.29) is 12.1 Å². The van der Waals surface area contributed by atoms with Crippen molar-refractivity contribution in [2.75, 3.05) is 0 Å². The Balaban J connectivity index is 2.38. The van der Waals surface area contributed by atoms with Crippen LogP contribution >= 0.6 is 0 Å². The molecule has 80 valence electrons. The minimum Gasteiger partial charge on any atom is -0.456 e. The first kappa shape index (κ1) is 10.1. The van der Waals surface area contributed by atoms with Gasteiger partial charge < -0.3 is 4.74 Å². The van der Waals surface area contributed by atoms with Gasteiger partial charge in [0.15, 0.2) is 0 Å². The van der Waals surface area contributed by atoms with Crippen molar-refractivity contribution in [3.05, 3.63) is 23.3 Å². The van der Waals surface area contributed by atoms with Gasteiger partial charge in [-0.05, 0) is 19.3 Å². The number of aromatic nitrogens is 2. The molecule has 2 atom stereocenters. The summed E-state index contributed by atoms with van der Waals surface area (Å²) in [6.07, 6.45) is 2.16. The largest absolute Gasteiger partial charge is 0.456 e. The van der Waals surface area contributed by atoms with E-state index in [0.717, 1.165) is 23.4 Å². The lowest BCUT2D eigenvalue weighted by Crippen LogP contribution is -2.07. The molecule has 0 amide bonds. The SMILES string of the molecule is CC(=O)OC1C[C@@H](C)c2c(C)ncnc21. The van der Waals surface area contributed by atoms with E-state index < -0.39 is 0 Å². The number of rotatable bonds is 1. The van der Waals surface area contributed by atoms with Crippen LogP contribution in [0.3, 0.4) is 0 Å². The highest BCUT2D eigenvalue weighted by Crippen LogP contribution is 2.41.